The number of likely N-dealkylation sites (N-methyl/N-ethyl adjacent to an activating group) is 1. The van der Waals surface area contributed by atoms with E-state index < -0.39 is 6.17 Å². The van der Waals surface area contributed by atoms with Crippen LogP contribution in [0, 0.1) is 5.92 Å². The van der Waals surface area contributed by atoms with Crippen molar-refractivity contribution in [2.75, 3.05) is 19.3 Å². The maximum atomic E-state index is 12.4. The van der Waals surface area contributed by atoms with E-state index in [0.717, 1.165) is 30.3 Å². The van der Waals surface area contributed by atoms with Crippen LogP contribution < -0.4 is 5.32 Å². The van der Waals surface area contributed by atoms with E-state index in [4.69, 9.17) is 4.99 Å². The molecule has 0 radical (unpaired) electrons. The Morgan fingerprint density at radius 1 is 1.20 bits per heavy atom. The number of thioether (sulfide) groups is 1. The summed E-state index contributed by atoms with van der Waals surface area (Å²) in [5, 5.41) is 3.37. The van der Waals surface area contributed by atoms with Gasteiger partial charge in [-0.15, -0.1) is 0 Å². The van der Waals surface area contributed by atoms with Gasteiger partial charge in [0.2, 0.25) is 0 Å². The predicted octanol–water partition coefficient (Wildman–Crippen LogP) is 3.28. The molecule has 0 spiro atoms. The predicted molar refractivity (Wildman–Crippen MR) is 104 cm³/mol. The van der Waals surface area contributed by atoms with Crippen LogP contribution >= 0.6 is 11.8 Å². The molecular weight excluding hydrogens is 336 g/mol. The molecule has 0 saturated carbocycles. The van der Waals surface area contributed by atoms with Crippen LogP contribution in [0.25, 0.3) is 0 Å². The SMILES string of the molecule is CCCCCCCSC1=NC2C(C(=O)NC(=O)N2C)N1CCC(C)C. The topological polar surface area (TPSA) is 65.0 Å². The third-order valence-electron chi connectivity index (χ3n) is 4.75. The normalized spacial score (nSPS) is 23.2. The zero-order valence-corrected chi connectivity index (χ0v) is 16.8. The number of aliphatic imine (C=N–C) groups is 1. The largest absolute Gasteiger partial charge is 0.336 e. The second-order valence-corrected chi connectivity index (χ2v) is 8.38. The van der Waals surface area contributed by atoms with E-state index in [2.05, 4.69) is 31.0 Å². The molecular formula is C18H32N4O2S. The van der Waals surface area contributed by atoms with Crippen molar-refractivity contribution < 1.29 is 9.59 Å². The first-order chi connectivity index (χ1) is 12.0. The average Bonchev–Trinajstić information content (AvgIpc) is 2.93. The highest BCUT2D eigenvalue weighted by molar-refractivity contribution is 8.13. The number of carbonyl (C=O) groups is 2. The number of urea groups is 1. The molecule has 25 heavy (non-hydrogen) atoms. The van der Waals surface area contributed by atoms with Gasteiger partial charge in [0.1, 0.15) is 0 Å². The van der Waals surface area contributed by atoms with E-state index in [-0.39, 0.29) is 18.0 Å². The summed E-state index contributed by atoms with van der Waals surface area (Å²) < 4.78 is 0. The minimum absolute atomic E-state index is 0.223. The monoisotopic (exact) mass is 368 g/mol. The lowest BCUT2D eigenvalue weighted by Crippen LogP contribution is -2.63. The number of rotatable bonds is 9. The summed E-state index contributed by atoms with van der Waals surface area (Å²) >= 11 is 1.73. The van der Waals surface area contributed by atoms with E-state index in [1.54, 1.807) is 23.7 Å². The molecule has 0 aromatic carbocycles. The molecule has 0 bridgehead atoms. The van der Waals surface area contributed by atoms with Crippen LogP contribution in [0.1, 0.15) is 59.3 Å². The first kappa shape index (κ1) is 20.1. The van der Waals surface area contributed by atoms with Crippen molar-refractivity contribution in [3.63, 3.8) is 0 Å². The second-order valence-electron chi connectivity index (χ2n) is 7.31. The Labute approximate surface area is 155 Å². The number of carbonyl (C=O) groups excluding carboxylic acids is 2. The second kappa shape index (κ2) is 9.46. The molecule has 142 valence electrons. The number of amides is 3. The maximum Gasteiger partial charge on any atom is 0.325 e. The molecule has 0 aromatic heterocycles. The third-order valence-corrected chi connectivity index (χ3v) is 5.84. The molecule has 2 unspecified atom stereocenters. The summed E-state index contributed by atoms with van der Waals surface area (Å²) in [5.41, 5.74) is 0. The maximum absolute atomic E-state index is 12.4. The van der Waals surface area contributed by atoms with Crippen LogP contribution in [0.2, 0.25) is 0 Å². The molecule has 3 amide bonds. The van der Waals surface area contributed by atoms with Crippen LogP contribution in [-0.2, 0) is 4.79 Å². The van der Waals surface area contributed by atoms with Gasteiger partial charge in [-0.2, -0.15) is 0 Å². The van der Waals surface area contributed by atoms with Crippen LogP contribution in [0.4, 0.5) is 4.79 Å². The van der Waals surface area contributed by atoms with Crippen molar-refractivity contribution in [2.24, 2.45) is 10.9 Å². The molecule has 1 N–H and O–H groups in total. The number of nitrogens with one attached hydrogen (secondary N) is 1. The highest BCUT2D eigenvalue weighted by Crippen LogP contribution is 2.29. The van der Waals surface area contributed by atoms with E-state index in [1.807, 2.05) is 0 Å². The minimum atomic E-state index is -0.393. The quantitative estimate of drug-likeness (QED) is 0.634. The highest BCUT2D eigenvalue weighted by Gasteiger charge is 2.48. The summed E-state index contributed by atoms with van der Waals surface area (Å²) in [6, 6.07) is -0.742. The first-order valence-corrected chi connectivity index (χ1v) is 10.5. The number of unbranched alkanes of at least 4 members (excludes halogenated alkanes) is 4. The summed E-state index contributed by atoms with van der Waals surface area (Å²) in [4.78, 5) is 32.7. The molecule has 2 aliphatic rings. The van der Waals surface area contributed by atoms with Crippen molar-refractivity contribution in [1.29, 1.82) is 0 Å². The van der Waals surface area contributed by atoms with Gasteiger partial charge >= 0.3 is 6.03 Å². The number of nitrogens with zero attached hydrogens (tertiary/aromatic N) is 3. The Bertz CT molecular complexity index is 509. The smallest absolute Gasteiger partial charge is 0.325 e. The van der Waals surface area contributed by atoms with Gasteiger partial charge < -0.3 is 9.80 Å². The zero-order valence-electron chi connectivity index (χ0n) is 16.0. The number of amidine groups is 1. The van der Waals surface area contributed by atoms with Gasteiger partial charge in [-0.05, 0) is 18.8 Å². The van der Waals surface area contributed by atoms with Gasteiger partial charge in [-0.1, -0.05) is 58.2 Å². The van der Waals surface area contributed by atoms with E-state index >= 15 is 0 Å². The minimum Gasteiger partial charge on any atom is -0.336 e. The van der Waals surface area contributed by atoms with Gasteiger partial charge in [0.15, 0.2) is 17.4 Å². The fourth-order valence-electron chi connectivity index (χ4n) is 3.12. The van der Waals surface area contributed by atoms with Crippen LogP contribution in [0.15, 0.2) is 4.99 Å². The first-order valence-electron chi connectivity index (χ1n) is 9.50. The molecule has 0 aromatic rings. The fourth-order valence-corrected chi connectivity index (χ4v) is 4.21. The van der Waals surface area contributed by atoms with Gasteiger partial charge in [-0.3, -0.25) is 10.1 Å². The van der Waals surface area contributed by atoms with Gasteiger partial charge in [0, 0.05) is 19.3 Å². The van der Waals surface area contributed by atoms with Gasteiger partial charge in [-0.25, -0.2) is 9.79 Å². The molecule has 1 fully saturated rings. The van der Waals surface area contributed by atoms with Crippen molar-refractivity contribution >= 4 is 28.9 Å². The molecule has 1 saturated heterocycles. The Morgan fingerprint density at radius 2 is 1.92 bits per heavy atom. The summed E-state index contributed by atoms with van der Waals surface area (Å²) in [5.74, 6) is 1.35. The highest BCUT2D eigenvalue weighted by atomic mass is 32.2. The van der Waals surface area contributed by atoms with Crippen LogP contribution in [0.5, 0.6) is 0 Å². The van der Waals surface area contributed by atoms with Crippen molar-refractivity contribution in [3.05, 3.63) is 0 Å². The number of hydrogen-bond donors (Lipinski definition) is 1. The van der Waals surface area contributed by atoms with Crippen molar-refractivity contribution in [3.8, 4) is 0 Å². The zero-order chi connectivity index (χ0) is 18.4. The Kier molecular flexibility index (Phi) is 7.59. The Balaban J connectivity index is 2.00. The molecule has 2 rings (SSSR count). The molecule has 7 heteroatoms. The summed E-state index contributed by atoms with van der Waals surface area (Å²) in [7, 11) is 1.71. The lowest BCUT2D eigenvalue weighted by Gasteiger charge is -2.36. The lowest BCUT2D eigenvalue weighted by molar-refractivity contribution is -0.127. The van der Waals surface area contributed by atoms with E-state index in [0.29, 0.717) is 5.92 Å². The Morgan fingerprint density at radius 3 is 2.60 bits per heavy atom. The third kappa shape index (κ3) is 5.12. The average molecular weight is 369 g/mol. The molecule has 0 aliphatic carbocycles. The lowest BCUT2D eigenvalue weighted by atomic mass is 10.1. The Hall–Kier alpha value is -1.24. The molecule has 2 atom stereocenters. The number of fused-ring (bicyclic) bond motifs is 1. The molecule has 6 nitrogen and oxygen atoms in total. The van der Waals surface area contributed by atoms with Crippen molar-refractivity contribution in [2.45, 2.75) is 71.5 Å². The standard InChI is InChI=1S/C18H32N4O2S/c1-5-6-7-8-9-12-25-18-19-15-14(22(18)11-10-13(2)3)16(23)20-17(24)21(15)4/h13-15H,5-12H2,1-4H3,(H,20,23,24). The summed E-state index contributed by atoms with van der Waals surface area (Å²) in [6.07, 6.45) is 6.85. The van der Waals surface area contributed by atoms with E-state index in [1.165, 1.54) is 25.7 Å². The summed E-state index contributed by atoms with van der Waals surface area (Å²) in [6.45, 7) is 7.39. The molecule has 2 aliphatic heterocycles. The van der Waals surface area contributed by atoms with E-state index in [9.17, 15) is 9.59 Å². The van der Waals surface area contributed by atoms with Crippen molar-refractivity contribution in [1.82, 2.24) is 15.1 Å². The molecule has 2 heterocycles. The number of imide groups is 1. The number of hydrogen-bond acceptors (Lipinski definition) is 5. The van der Waals surface area contributed by atoms with Gasteiger partial charge in [0.25, 0.3) is 5.91 Å². The van der Waals surface area contributed by atoms with Crippen LogP contribution in [0.3, 0.4) is 0 Å². The van der Waals surface area contributed by atoms with Gasteiger partial charge in [0.05, 0.1) is 0 Å². The van der Waals surface area contributed by atoms with Crippen LogP contribution in [-0.4, -0.2) is 58.5 Å². The fraction of sp³-hybridized carbons (Fsp3) is 0.833.